The van der Waals surface area contributed by atoms with E-state index < -0.39 is 23.7 Å². The van der Waals surface area contributed by atoms with Gasteiger partial charge in [0, 0.05) is 19.6 Å². The smallest absolute Gasteiger partial charge is 0.222 e. The second kappa shape index (κ2) is 7.38. The summed E-state index contributed by atoms with van der Waals surface area (Å²) in [5, 5.41) is 0. The number of hydrogen-bond donors (Lipinski definition) is 2. The number of amides is 2. The number of halogens is 2. The lowest BCUT2D eigenvalue weighted by molar-refractivity contribution is -0.129. The predicted molar refractivity (Wildman–Crippen MR) is 79.2 cm³/mol. The number of carbonyl (C=O) groups excluding carboxylic acids is 2. The summed E-state index contributed by atoms with van der Waals surface area (Å²) in [4.78, 5) is 24.6. The van der Waals surface area contributed by atoms with Gasteiger partial charge in [0.2, 0.25) is 11.8 Å². The van der Waals surface area contributed by atoms with Crippen molar-refractivity contribution in [2.75, 3.05) is 19.6 Å². The summed E-state index contributed by atoms with van der Waals surface area (Å²) in [5.41, 5.74) is 11.5. The molecule has 2 unspecified atom stereocenters. The SMILES string of the molecule is Cl.NC(=O)C1CN(CCc2cccc(F)c2)CC1C(N)=O. The monoisotopic (exact) mass is 315 g/mol. The molecule has 0 bridgehead atoms. The van der Waals surface area contributed by atoms with Gasteiger partial charge in [-0.2, -0.15) is 0 Å². The number of rotatable bonds is 5. The molecule has 1 heterocycles. The Morgan fingerprint density at radius 1 is 1.19 bits per heavy atom. The van der Waals surface area contributed by atoms with Crippen molar-refractivity contribution >= 4 is 24.2 Å². The van der Waals surface area contributed by atoms with E-state index in [1.807, 2.05) is 11.0 Å². The minimum Gasteiger partial charge on any atom is -0.369 e. The zero-order valence-electron chi connectivity index (χ0n) is 11.5. The number of hydrogen-bond acceptors (Lipinski definition) is 3. The highest BCUT2D eigenvalue weighted by Gasteiger charge is 2.39. The molecule has 0 aliphatic carbocycles. The van der Waals surface area contributed by atoms with Crippen LogP contribution < -0.4 is 11.5 Å². The number of primary amides is 2. The zero-order valence-corrected chi connectivity index (χ0v) is 12.3. The van der Waals surface area contributed by atoms with Gasteiger partial charge in [-0.3, -0.25) is 9.59 Å². The van der Waals surface area contributed by atoms with Gasteiger partial charge in [-0.1, -0.05) is 12.1 Å². The van der Waals surface area contributed by atoms with Crippen molar-refractivity contribution < 1.29 is 14.0 Å². The van der Waals surface area contributed by atoms with Gasteiger partial charge >= 0.3 is 0 Å². The average molecular weight is 316 g/mol. The highest BCUT2D eigenvalue weighted by atomic mass is 35.5. The number of carbonyl (C=O) groups is 2. The van der Waals surface area contributed by atoms with Crippen LogP contribution in [-0.2, 0) is 16.0 Å². The Balaban J connectivity index is 0.00000220. The molecule has 2 atom stereocenters. The third kappa shape index (κ3) is 4.41. The first-order valence-corrected chi connectivity index (χ1v) is 6.53. The maximum absolute atomic E-state index is 13.1. The molecule has 2 amide bonds. The minimum atomic E-state index is -0.528. The van der Waals surface area contributed by atoms with Gasteiger partial charge in [0.05, 0.1) is 11.8 Å². The van der Waals surface area contributed by atoms with E-state index in [0.717, 1.165) is 5.56 Å². The molecule has 0 aromatic heterocycles. The predicted octanol–water partition coefficient (Wildman–Crippen LogP) is 0.309. The van der Waals surface area contributed by atoms with Gasteiger partial charge in [-0.05, 0) is 24.1 Å². The third-order valence-corrected chi connectivity index (χ3v) is 3.73. The van der Waals surface area contributed by atoms with Gasteiger partial charge in [0.15, 0.2) is 0 Å². The van der Waals surface area contributed by atoms with E-state index in [4.69, 9.17) is 11.5 Å². The van der Waals surface area contributed by atoms with Crippen molar-refractivity contribution in [3.8, 4) is 0 Å². The Morgan fingerprint density at radius 2 is 1.76 bits per heavy atom. The van der Waals surface area contributed by atoms with Crippen molar-refractivity contribution in [2.45, 2.75) is 6.42 Å². The summed E-state index contributed by atoms with van der Waals surface area (Å²) in [6, 6.07) is 6.38. The first kappa shape index (κ1) is 17.4. The first-order chi connectivity index (χ1) is 9.47. The van der Waals surface area contributed by atoms with Crippen molar-refractivity contribution in [1.29, 1.82) is 0 Å². The summed E-state index contributed by atoms with van der Waals surface area (Å²) < 4.78 is 13.1. The lowest BCUT2D eigenvalue weighted by Crippen LogP contribution is -2.36. The highest BCUT2D eigenvalue weighted by Crippen LogP contribution is 2.23. The van der Waals surface area contributed by atoms with Crippen molar-refractivity contribution in [3.63, 3.8) is 0 Å². The highest BCUT2D eigenvalue weighted by molar-refractivity contribution is 5.87. The average Bonchev–Trinajstić information content (AvgIpc) is 2.81. The quantitative estimate of drug-likeness (QED) is 0.819. The molecule has 1 aromatic rings. The molecule has 0 radical (unpaired) electrons. The van der Waals surface area contributed by atoms with Crippen LogP contribution >= 0.6 is 12.4 Å². The summed E-state index contributed by atoms with van der Waals surface area (Å²) in [7, 11) is 0. The second-order valence-corrected chi connectivity index (χ2v) is 5.16. The van der Waals surface area contributed by atoms with Crippen molar-refractivity contribution in [1.82, 2.24) is 4.90 Å². The molecular weight excluding hydrogens is 297 g/mol. The molecule has 1 saturated heterocycles. The Morgan fingerprint density at radius 3 is 2.24 bits per heavy atom. The van der Waals surface area contributed by atoms with Gasteiger partial charge in [0.25, 0.3) is 0 Å². The van der Waals surface area contributed by atoms with E-state index in [0.29, 0.717) is 26.1 Å². The number of benzene rings is 1. The second-order valence-electron chi connectivity index (χ2n) is 5.16. The minimum absolute atomic E-state index is 0. The van der Waals surface area contributed by atoms with Crippen LogP contribution in [0.5, 0.6) is 0 Å². The van der Waals surface area contributed by atoms with Gasteiger partial charge in [0.1, 0.15) is 5.82 Å². The van der Waals surface area contributed by atoms with Gasteiger partial charge < -0.3 is 16.4 Å². The number of likely N-dealkylation sites (tertiary alicyclic amines) is 1. The number of nitrogens with zero attached hydrogens (tertiary/aromatic N) is 1. The van der Waals surface area contributed by atoms with E-state index in [2.05, 4.69) is 0 Å². The van der Waals surface area contributed by atoms with Crippen LogP contribution in [0.3, 0.4) is 0 Å². The van der Waals surface area contributed by atoms with Crippen LogP contribution in [0.1, 0.15) is 5.56 Å². The van der Waals surface area contributed by atoms with E-state index >= 15 is 0 Å². The Hall–Kier alpha value is -1.66. The molecule has 1 aliphatic heterocycles. The van der Waals surface area contributed by atoms with Crippen LogP contribution in [0.15, 0.2) is 24.3 Å². The molecule has 0 saturated carbocycles. The van der Waals surface area contributed by atoms with Crippen LogP contribution in [0, 0.1) is 17.7 Å². The van der Waals surface area contributed by atoms with E-state index in [1.54, 1.807) is 6.07 Å². The summed E-state index contributed by atoms with van der Waals surface area (Å²) in [6.45, 7) is 1.49. The molecule has 7 heteroatoms. The standard InChI is InChI=1S/C14H18FN3O2.ClH/c15-10-3-1-2-9(6-10)4-5-18-7-11(13(16)19)12(8-18)14(17)20;/h1-3,6,11-12H,4-5,7-8H2,(H2,16,19)(H2,17,20);1H. The van der Waals surface area contributed by atoms with E-state index in [-0.39, 0.29) is 18.2 Å². The summed E-state index contributed by atoms with van der Waals surface area (Å²) >= 11 is 0. The van der Waals surface area contributed by atoms with Crippen LogP contribution in [0.25, 0.3) is 0 Å². The topological polar surface area (TPSA) is 89.4 Å². The number of nitrogens with two attached hydrogens (primary N) is 2. The van der Waals surface area contributed by atoms with Crippen molar-refractivity contribution in [2.24, 2.45) is 23.3 Å². The lowest BCUT2D eigenvalue weighted by atomic mass is 9.95. The summed E-state index contributed by atoms with van der Waals surface area (Å²) in [6.07, 6.45) is 0.648. The molecule has 1 aliphatic rings. The summed E-state index contributed by atoms with van der Waals surface area (Å²) in [5.74, 6) is -2.32. The molecule has 1 aromatic carbocycles. The first-order valence-electron chi connectivity index (χ1n) is 6.53. The fourth-order valence-electron chi connectivity index (χ4n) is 2.62. The van der Waals surface area contributed by atoms with Gasteiger partial charge in [-0.25, -0.2) is 4.39 Å². The normalized spacial score (nSPS) is 21.8. The molecule has 21 heavy (non-hydrogen) atoms. The Labute approximate surface area is 128 Å². The van der Waals surface area contributed by atoms with Crippen LogP contribution in [-0.4, -0.2) is 36.3 Å². The maximum Gasteiger partial charge on any atom is 0.222 e. The van der Waals surface area contributed by atoms with E-state index in [1.165, 1.54) is 12.1 Å². The molecular formula is C14H19ClFN3O2. The Kier molecular flexibility index (Phi) is 6.11. The van der Waals surface area contributed by atoms with Crippen molar-refractivity contribution in [3.05, 3.63) is 35.6 Å². The maximum atomic E-state index is 13.1. The van der Waals surface area contributed by atoms with Crippen LogP contribution in [0.2, 0.25) is 0 Å². The molecule has 116 valence electrons. The lowest BCUT2D eigenvalue weighted by Gasteiger charge is -2.15. The third-order valence-electron chi connectivity index (χ3n) is 3.73. The molecule has 0 spiro atoms. The van der Waals surface area contributed by atoms with Gasteiger partial charge in [-0.15, -0.1) is 12.4 Å². The molecule has 2 rings (SSSR count). The zero-order chi connectivity index (χ0) is 14.7. The molecule has 4 N–H and O–H groups in total. The van der Waals surface area contributed by atoms with Crippen LogP contribution in [0.4, 0.5) is 4.39 Å². The fourth-order valence-corrected chi connectivity index (χ4v) is 2.62. The Bertz CT molecular complexity index is 505. The largest absolute Gasteiger partial charge is 0.369 e. The molecule has 1 fully saturated rings. The molecule has 5 nitrogen and oxygen atoms in total. The van der Waals surface area contributed by atoms with E-state index in [9.17, 15) is 14.0 Å². The fraction of sp³-hybridized carbons (Fsp3) is 0.429.